The van der Waals surface area contributed by atoms with Crippen LogP contribution in [-0.4, -0.2) is 18.7 Å². The van der Waals surface area contributed by atoms with Gasteiger partial charge in [-0.3, -0.25) is 0 Å². The summed E-state index contributed by atoms with van der Waals surface area (Å²) in [7, 11) is 0. The van der Waals surface area contributed by atoms with Crippen LogP contribution in [0.2, 0.25) is 0 Å². The minimum Gasteiger partial charge on any atom is -0.462 e. The number of carbonyl (C=O) groups excluding carboxylic acids is 2. The highest BCUT2D eigenvalue weighted by Crippen LogP contribution is 1.91. The maximum atomic E-state index is 10.6. The van der Waals surface area contributed by atoms with E-state index in [1.807, 2.05) is 6.92 Å². The molecule has 0 spiro atoms. The van der Waals surface area contributed by atoms with Crippen molar-refractivity contribution < 1.29 is 14.3 Å². The number of nitrogens with one attached hydrogen (secondary N) is 1. The van der Waals surface area contributed by atoms with Crippen LogP contribution in [0.4, 0.5) is 0 Å². The van der Waals surface area contributed by atoms with Crippen LogP contribution in [0.1, 0.15) is 20.3 Å². The van der Waals surface area contributed by atoms with Crippen molar-refractivity contribution in [2.24, 2.45) is 0 Å². The topological polar surface area (TPSA) is 67.2 Å². The molecule has 0 atom stereocenters. The van der Waals surface area contributed by atoms with Crippen LogP contribution in [0.3, 0.4) is 0 Å². The zero-order valence-electron chi connectivity index (χ0n) is 7.35. The van der Waals surface area contributed by atoms with Gasteiger partial charge in [0.15, 0.2) is 0 Å². The van der Waals surface area contributed by atoms with Crippen LogP contribution in [0.15, 0.2) is 12.2 Å². The van der Waals surface area contributed by atoms with Gasteiger partial charge in [-0.05, 0) is 13.3 Å². The SMILES string of the molecule is C=C(C)C(=O)OCCC.N=C=O. The number of rotatable bonds is 3. The van der Waals surface area contributed by atoms with E-state index < -0.39 is 0 Å². The van der Waals surface area contributed by atoms with Crippen LogP contribution in [0, 0.1) is 5.41 Å². The number of hydrogen-bond acceptors (Lipinski definition) is 4. The molecule has 0 unspecified atom stereocenters. The lowest BCUT2D eigenvalue weighted by Crippen LogP contribution is -2.04. The lowest BCUT2D eigenvalue weighted by Gasteiger charge is -1.99. The molecule has 0 aliphatic carbocycles. The lowest BCUT2D eigenvalue weighted by atomic mass is 10.4. The summed E-state index contributed by atoms with van der Waals surface area (Å²) in [5, 5.41) is 5.40. The fourth-order valence-electron chi connectivity index (χ4n) is 0.318. The molecule has 0 aliphatic heterocycles. The third-order valence-electron chi connectivity index (χ3n) is 0.786. The minimum absolute atomic E-state index is 0.295. The maximum absolute atomic E-state index is 10.6. The molecular formula is C8H13NO3. The predicted octanol–water partition coefficient (Wildman–Crippen LogP) is 1.42. The van der Waals surface area contributed by atoms with Gasteiger partial charge in [0.2, 0.25) is 6.08 Å². The van der Waals surface area contributed by atoms with Crippen LogP contribution in [0.5, 0.6) is 0 Å². The highest BCUT2D eigenvalue weighted by molar-refractivity contribution is 5.86. The van der Waals surface area contributed by atoms with Crippen molar-refractivity contribution in [1.82, 2.24) is 0 Å². The second-order valence-electron chi connectivity index (χ2n) is 2.02. The number of isocyanates is 1. The number of esters is 1. The van der Waals surface area contributed by atoms with E-state index in [9.17, 15) is 4.79 Å². The summed E-state index contributed by atoms with van der Waals surface area (Å²) in [6, 6.07) is 0. The van der Waals surface area contributed by atoms with Crippen molar-refractivity contribution >= 4 is 12.0 Å². The average molecular weight is 171 g/mol. The van der Waals surface area contributed by atoms with Gasteiger partial charge >= 0.3 is 5.97 Å². The van der Waals surface area contributed by atoms with Crippen molar-refractivity contribution in [1.29, 1.82) is 5.41 Å². The maximum Gasteiger partial charge on any atom is 0.333 e. The Hall–Kier alpha value is -1.41. The summed E-state index contributed by atoms with van der Waals surface area (Å²) >= 11 is 0. The van der Waals surface area contributed by atoms with E-state index in [1.165, 1.54) is 0 Å². The summed E-state index contributed by atoms with van der Waals surface area (Å²) in [6.45, 7) is 7.51. The summed E-state index contributed by atoms with van der Waals surface area (Å²) in [6.07, 6.45) is 1.61. The first-order valence-corrected chi connectivity index (χ1v) is 3.46. The van der Waals surface area contributed by atoms with Crippen LogP contribution < -0.4 is 0 Å². The second kappa shape index (κ2) is 9.59. The van der Waals surface area contributed by atoms with Gasteiger partial charge in [-0.1, -0.05) is 13.5 Å². The van der Waals surface area contributed by atoms with Crippen molar-refractivity contribution in [3.8, 4) is 0 Å². The van der Waals surface area contributed by atoms with Gasteiger partial charge in [-0.15, -0.1) is 0 Å². The molecule has 68 valence electrons. The Morgan fingerprint density at radius 2 is 2.08 bits per heavy atom. The monoisotopic (exact) mass is 171 g/mol. The van der Waals surface area contributed by atoms with Gasteiger partial charge in [-0.25, -0.2) is 15.0 Å². The van der Waals surface area contributed by atoms with Crippen molar-refractivity contribution in [2.75, 3.05) is 6.61 Å². The van der Waals surface area contributed by atoms with Crippen LogP contribution in [-0.2, 0) is 14.3 Å². The molecule has 0 saturated carbocycles. The zero-order valence-corrected chi connectivity index (χ0v) is 7.35. The van der Waals surface area contributed by atoms with Gasteiger partial charge in [0, 0.05) is 5.57 Å². The van der Waals surface area contributed by atoms with Gasteiger partial charge in [-0.2, -0.15) is 0 Å². The standard InChI is InChI=1S/C7H12O2.CHNO/c1-4-5-9-7(8)6(2)3;2-1-3/h2,4-5H2,1,3H3;2H. The van der Waals surface area contributed by atoms with E-state index >= 15 is 0 Å². The minimum atomic E-state index is -0.295. The molecule has 0 aliphatic rings. The van der Waals surface area contributed by atoms with Crippen molar-refractivity contribution in [2.45, 2.75) is 20.3 Å². The van der Waals surface area contributed by atoms with Crippen molar-refractivity contribution in [3.63, 3.8) is 0 Å². The molecular weight excluding hydrogens is 158 g/mol. The molecule has 1 N–H and O–H groups in total. The molecule has 12 heavy (non-hydrogen) atoms. The molecule has 0 radical (unpaired) electrons. The Balaban J connectivity index is 0. The molecule has 0 aromatic heterocycles. The molecule has 0 aromatic rings. The number of carbonyl (C=O) groups is 1. The molecule has 0 heterocycles. The molecule has 0 aromatic carbocycles. The third kappa shape index (κ3) is 11.4. The fourth-order valence-corrected chi connectivity index (χ4v) is 0.318. The zero-order chi connectivity index (χ0) is 9.98. The van der Waals surface area contributed by atoms with Crippen LogP contribution in [0.25, 0.3) is 0 Å². The van der Waals surface area contributed by atoms with E-state index in [0.29, 0.717) is 12.2 Å². The van der Waals surface area contributed by atoms with Gasteiger partial charge in [0.25, 0.3) is 0 Å². The first-order valence-electron chi connectivity index (χ1n) is 3.46. The summed E-state index contributed by atoms with van der Waals surface area (Å²) in [5.74, 6) is -0.295. The Morgan fingerprint density at radius 3 is 2.33 bits per heavy atom. The van der Waals surface area contributed by atoms with Gasteiger partial charge < -0.3 is 4.74 Å². The van der Waals surface area contributed by atoms with E-state index in [0.717, 1.165) is 12.5 Å². The summed E-state index contributed by atoms with van der Waals surface area (Å²) in [5.41, 5.74) is 0.462. The van der Waals surface area contributed by atoms with Gasteiger partial charge in [0.1, 0.15) is 0 Å². The summed E-state index contributed by atoms with van der Waals surface area (Å²) < 4.78 is 4.71. The molecule has 0 bridgehead atoms. The molecule has 0 fully saturated rings. The Kier molecular flexibility index (Phi) is 10.5. The molecule has 4 heteroatoms. The average Bonchev–Trinajstić information content (AvgIpc) is 2.01. The Morgan fingerprint density at radius 1 is 1.67 bits per heavy atom. The Labute approximate surface area is 71.7 Å². The van der Waals surface area contributed by atoms with E-state index in [2.05, 4.69) is 6.58 Å². The normalized spacial score (nSPS) is 7.17. The first kappa shape index (κ1) is 13.2. The van der Waals surface area contributed by atoms with Crippen molar-refractivity contribution in [3.05, 3.63) is 12.2 Å². The highest BCUT2D eigenvalue weighted by atomic mass is 16.5. The van der Waals surface area contributed by atoms with E-state index in [4.69, 9.17) is 14.9 Å². The lowest BCUT2D eigenvalue weighted by molar-refractivity contribution is -0.138. The van der Waals surface area contributed by atoms with E-state index in [-0.39, 0.29) is 5.97 Å². The smallest absolute Gasteiger partial charge is 0.333 e. The van der Waals surface area contributed by atoms with Crippen LogP contribution >= 0.6 is 0 Å². The highest BCUT2D eigenvalue weighted by Gasteiger charge is 1.99. The fraction of sp³-hybridized carbons (Fsp3) is 0.500. The second-order valence-corrected chi connectivity index (χ2v) is 2.02. The summed E-state index contributed by atoms with van der Waals surface area (Å²) in [4.78, 5) is 18.9. The number of hydrogen-bond donors (Lipinski definition) is 1. The van der Waals surface area contributed by atoms with Gasteiger partial charge in [0.05, 0.1) is 6.61 Å². The first-order chi connectivity index (χ1) is 5.59. The third-order valence-corrected chi connectivity index (χ3v) is 0.786. The quantitative estimate of drug-likeness (QED) is 0.302. The molecule has 0 saturated heterocycles. The number of ether oxygens (including phenoxy) is 1. The van der Waals surface area contributed by atoms with E-state index in [1.54, 1.807) is 6.92 Å². The molecule has 4 nitrogen and oxygen atoms in total. The predicted molar refractivity (Wildman–Crippen MR) is 44.5 cm³/mol. The molecule has 0 rings (SSSR count). The largest absolute Gasteiger partial charge is 0.462 e. The Bertz CT molecular complexity index is 181. The molecule has 0 amide bonds.